The Labute approximate surface area is 147 Å². The molecule has 2 N–H and O–H groups in total. The number of para-hydroxylation sites is 1. The summed E-state index contributed by atoms with van der Waals surface area (Å²) in [5.74, 6) is 2.40. The van der Waals surface area contributed by atoms with E-state index in [0.29, 0.717) is 18.9 Å². The molecule has 1 aliphatic rings. The molecule has 3 aromatic rings. The highest BCUT2D eigenvalue weighted by molar-refractivity contribution is 5.89. The van der Waals surface area contributed by atoms with Crippen molar-refractivity contribution in [1.29, 1.82) is 0 Å². The summed E-state index contributed by atoms with van der Waals surface area (Å²) in [6, 6.07) is 14.6. The fraction of sp³-hybridized carbons (Fsp3) is 0.350. The predicted molar refractivity (Wildman–Crippen MR) is 100 cm³/mol. The van der Waals surface area contributed by atoms with Crippen molar-refractivity contribution in [3.8, 4) is 0 Å². The molecule has 1 aromatic carbocycles. The Balaban J connectivity index is 1.81. The molecule has 0 radical (unpaired) electrons. The van der Waals surface area contributed by atoms with Crippen molar-refractivity contribution in [1.82, 2.24) is 15.0 Å². The summed E-state index contributed by atoms with van der Waals surface area (Å²) in [6.07, 6.45) is 5.04. The Bertz CT molecular complexity index is 860. The first-order chi connectivity index (χ1) is 12.3. The van der Waals surface area contributed by atoms with E-state index in [1.54, 1.807) is 0 Å². The van der Waals surface area contributed by atoms with E-state index >= 15 is 0 Å². The molecule has 0 aliphatic heterocycles. The van der Waals surface area contributed by atoms with E-state index < -0.39 is 0 Å². The number of anilines is 1. The molecule has 0 unspecified atom stereocenters. The summed E-state index contributed by atoms with van der Waals surface area (Å²) < 4.78 is 0. The smallest absolute Gasteiger partial charge is 0.140 e. The first kappa shape index (κ1) is 16.0. The minimum Gasteiger partial charge on any atom is -0.350 e. The summed E-state index contributed by atoms with van der Waals surface area (Å²) in [4.78, 5) is 16.4. The molecule has 1 saturated carbocycles. The molecular weight excluding hydrogens is 310 g/mol. The lowest BCUT2D eigenvalue weighted by Gasteiger charge is -2.30. The van der Waals surface area contributed by atoms with Crippen LogP contribution in [0.15, 0.2) is 48.7 Å². The van der Waals surface area contributed by atoms with Gasteiger partial charge in [0, 0.05) is 25.1 Å². The maximum absolute atomic E-state index is 5.74. The normalized spacial score (nSPS) is 15.3. The van der Waals surface area contributed by atoms with Crippen molar-refractivity contribution < 1.29 is 0 Å². The monoisotopic (exact) mass is 333 g/mol. The van der Waals surface area contributed by atoms with Gasteiger partial charge in [-0.2, -0.15) is 0 Å². The third-order valence-electron chi connectivity index (χ3n) is 4.81. The Kier molecular flexibility index (Phi) is 4.32. The average molecular weight is 333 g/mol. The number of hydrogen-bond acceptors (Lipinski definition) is 5. The van der Waals surface area contributed by atoms with E-state index in [4.69, 9.17) is 10.7 Å². The number of fused-ring (bicyclic) bond motifs is 1. The lowest BCUT2D eigenvalue weighted by Crippen LogP contribution is -2.28. The van der Waals surface area contributed by atoms with Crippen LogP contribution in [0.4, 0.5) is 5.82 Å². The molecule has 2 aromatic heterocycles. The van der Waals surface area contributed by atoms with Crippen LogP contribution in [0.2, 0.25) is 0 Å². The molecule has 1 aliphatic carbocycles. The zero-order chi connectivity index (χ0) is 17.2. The standard InChI is InChI=1S/C20H23N5/c1-25(19(14-9-10-14)17-8-4-5-13-22-17)20-15-6-2-3-7-16(15)23-18(24-20)11-12-21/h2-8,13-14,19H,9-12,21H2,1H3/t19-/m1/s1. The molecule has 4 rings (SSSR count). The Morgan fingerprint density at radius 2 is 1.92 bits per heavy atom. The number of pyridine rings is 1. The number of nitrogens with zero attached hydrogens (tertiary/aromatic N) is 4. The van der Waals surface area contributed by atoms with Crippen LogP contribution in [-0.4, -0.2) is 28.5 Å². The molecule has 2 heterocycles. The molecule has 0 bridgehead atoms. The van der Waals surface area contributed by atoms with Gasteiger partial charge in [-0.15, -0.1) is 0 Å². The van der Waals surface area contributed by atoms with Crippen molar-refractivity contribution in [2.45, 2.75) is 25.3 Å². The molecule has 0 amide bonds. The van der Waals surface area contributed by atoms with E-state index in [2.05, 4.69) is 40.1 Å². The molecule has 25 heavy (non-hydrogen) atoms. The van der Waals surface area contributed by atoms with Crippen LogP contribution in [0.25, 0.3) is 10.9 Å². The minimum atomic E-state index is 0.241. The molecule has 5 heteroatoms. The van der Waals surface area contributed by atoms with E-state index in [-0.39, 0.29) is 6.04 Å². The number of aromatic nitrogens is 3. The number of benzene rings is 1. The number of hydrogen-bond donors (Lipinski definition) is 1. The van der Waals surface area contributed by atoms with Crippen molar-refractivity contribution in [2.75, 3.05) is 18.5 Å². The highest BCUT2D eigenvalue weighted by Crippen LogP contribution is 2.45. The van der Waals surface area contributed by atoms with Gasteiger partial charge in [0.05, 0.1) is 17.3 Å². The zero-order valence-corrected chi connectivity index (χ0v) is 14.5. The van der Waals surface area contributed by atoms with Gasteiger partial charge in [-0.05, 0) is 49.6 Å². The minimum absolute atomic E-state index is 0.241. The van der Waals surface area contributed by atoms with Gasteiger partial charge in [0.2, 0.25) is 0 Å². The fourth-order valence-corrected chi connectivity index (χ4v) is 3.47. The van der Waals surface area contributed by atoms with Crippen LogP contribution >= 0.6 is 0 Å². The Morgan fingerprint density at radius 3 is 2.64 bits per heavy atom. The van der Waals surface area contributed by atoms with E-state index in [0.717, 1.165) is 28.2 Å². The van der Waals surface area contributed by atoms with Crippen LogP contribution in [-0.2, 0) is 6.42 Å². The second-order valence-electron chi connectivity index (χ2n) is 6.67. The van der Waals surface area contributed by atoms with Crippen LogP contribution in [0.1, 0.15) is 30.4 Å². The molecule has 5 nitrogen and oxygen atoms in total. The maximum Gasteiger partial charge on any atom is 0.140 e. The summed E-state index contributed by atoms with van der Waals surface area (Å²) in [5, 5.41) is 1.08. The SMILES string of the molecule is CN(c1nc(CCN)nc2ccccc12)[C@@H](c1ccccn1)C1CC1. The van der Waals surface area contributed by atoms with Gasteiger partial charge < -0.3 is 10.6 Å². The second-order valence-corrected chi connectivity index (χ2v) is 6.67. The molecule has 1 fully saturated rings. The van der Waals surface area contributed by atoms with E-state index in [1.165, 1.54) is 12.8 Å². The van der Waals surface area contributed by atoms with Crippen molar-refractivity contribution >= 4 is 16.7 Å². The Hall–Kier alpha value is -2.53. The van der Waals surface area contributed by atoms with Crippen LogP contribution in [0, 0.1) is 5.92 Å². The third-order valence-corrected chi connectivity index (χ3v) is 4.81. The summed E-state index contributed by atoms with van der Waals surface area (Å²) in [7, 11) is 2.12. The van der Waals surface area contributed by atoms with Gasteiger partial charge in [0.25, 0.3) is 0 Å². The highest BCUT2D eigenvalue weighted by Gasteiger charge is 2.37. The van der Waals surface area contributed by atoms with E-state index in [9.17, 15) is 0 Å². The van der Waals surface area contributed by atoms with Crippen LogP contribution in [0.3, 0.4) is 0 Å². The summed E-state index contributed by atoms with van der Waals surface area (Å²) in [6.45, 7) is 0.549. The van der Waals surface area contributed by atoms with Crippen molar-refractivity contribution in [3.63, 3.8) is 0 Å². The van der Waals surface area contributed by atoms with Crippen LogP contribution < -0.4 is 10.6 Å². The highest BCUT2D eigenvalue weighted by atomic mass is 15.2. The molecule has 1 atom stereocenters. The fourth-order valence-electron chi connectivity index (χ4n) is 3.47. The lowest BCUT2D eigenvalue weighted by atomic mass is 10.1. The maximum atomic E-state index is 5.74. The number of nitrogens with two attached hydrogens (primary N) is 1. The lowest BCUT2D eigenvalue weighted by molar-refractivity contribution is 0.573. The van der Waals surface area contributed by atoms with Crippen LogP contribution in [0.5, 0.6) is 0 Å². The van der Waals surface area contributed by atoms with Gasteiger partial charge in [-0.3, -0.25) is 4.98 Å². The topological polar surface area (TPSA) is 67.9 Å². The third kappa shape index (κ3) is 3.20. The largest absolute Gasteiger partial charge is 0.350 e. The first-order valence-electron chi connectivity index (χ1n) is 8.87. The zero-order valence-electron chi connectivity index (χ0n) is 14.5. The molecule has 0 spiro atoms. The van der Waals surface area contributed by atoms with Crippen molar-refractivity contribution in [3.05, 3.63) is 60.2 Å². The van der Waals surface area contributed by atoms with Crippen molar-refractivity contribution in [2.24, 2.45) is 11.7 Å². The molecule has 0 saturated heterocycles. The number of rotatable bonds is 6. The second kappa shape index (κ2) is 6.76. The average Bonchev–Trinajstić information content (AvgIpc) is 3.47. The van der Waals surface area contributed by atoms with Gasteiger partial charge in [-0.1, -0.05) is 18.2 Å². The Morgan fingerprint density at radius 1 is 1.12 bits per heavy atom. The van der Waals surface area contributed by atoms with Gasteiger partial charge in [0.15, 0.2) is 0 Å². The molecule has 128 valence electrons. The predicted octanol–water partition coefficient (Wildman–Crippen LogP) is 3.11. The van der Waals surface area contributed by atoms with Gasteiger partial charge in [-0.25, -0.2) is 9.97 Å². The first-order valence-corrected chi connectivity index (χ1v) is 8.87. The quantitative estimate of drug-likeness (QED) is 0.751. The molecular formula is C20H23N5. The van der Waals surface area contributed by atoms with Gasteiger partial charge in [0.1, 0.15) is 11.6 Å². The van der Waals surface area contributed by atoms with Gasteiger partial charge >= 0.3 is 0 Å². The summed E-state index contributed by atoms with van der Waals surface area (Å²) in [5.41, 5.74) is 7.81. The van der Waals surface area contributed by atoms with E-state index in [1.807, 2.05) is 30.5 Å². The summed E-state index contributed by atoms with van der Waals surface area (Å²) >= 11 is 0.